The second kappa shape index (κ2) is 5.28. The van der Waals surface area contributed by atoms with Crippen molar-refractivity contribution in [2.45, 2.75) is 0 Å². The third-order valence-electron chi connectivity index (χ3n) is 2.08. The van der Waals surface area contributed by atoms with Crippen LogP contribution in [0.2, 0.25) is 0 Å². The first kappa shape index (κ1) is 12.7. The second-order valence-corrected chi connectivity index (χ2v) is 5.34. The number of carbonyl (C=O) groups is 1. The summed E-state index contributed by atoms with van der Waals surface area (Å²) in [5.74, 6) is -0.355. The minimum Gasteiger partial charge on any atom is -0.321 e. The number of rotatable bonds is 3. The van der Waals surface area contributed by atoms with E-state index >= 15 is 0 Å². The Kier molecular flexibility index (Phi) is 3.73. The Balaban J connectivity index is 2.14. The summed E-state index contributed by atoms with van der Waals surface area (Å²) in [4.78, 5) is 22.1. The van der Waals surface area contributed by atoms with Crippen LogP contribution in [0.15, 0.2) is 40.9 Å². The second-order valence-electron chi connectivity index (χ2n) is 3.36. The molecule has 0 fully saturated rings. The molecule has 0 unspecified atom stereocenters. The standard InChI is InChI=1S/C11H7BrN2O3S/c12-7-2-1-3-8(6-7)13-11(15)9-4-5-10(18-9)14(16)17/h1-6H,(H,13,15). The van der Waals surface area contributed by atoms with Gasteiger partial charge in [0.15, 0.2) is 0 Å². The van der Waals surface area contributed by atoms with E-state index in [1.165, 1.54) is 12.1 Å². The van der Waals surface area contributed by atoms with Gasteiger partial charge >= 0.3 is 5.00 Å². The van der Waals surface area contributed by atoms with Gasteiger partial charge in [-0.1, -0.05) is 33.3 Å². The van der Waals surface area contributed by atoms with Gasteiger partial charge in [-0.3, -0.25) is 14.9 Å². The van der Waals surface area contributed by atoms with Gasteiger partial charge in [0.25, 0.3) is 5.91 Å². The van der Waals surface area contributed by atoms with Crippen molar-refractivity contribution in [3.63, 3.8) is 0 Å². The van der Waals surface area contributed by atoms with Gasteiger partial charge in [0.1, 0.15) is 0 Å². The highest BCUT2D eigenvalue weighted by molar-refractivity contribution is 9.10. The van der Waals surface area contributed by atoms with Crippen molar-refractivity contribution >= 4 is 43.9 Å². The summed E-state index contributed by atoms with van der Waals surface area (Å²) in [6.07, 6.45) is 0. The summed E-state index contributed by atoms with van der Waals surface area (Å²) in [5, 5.41) is 13.1. The number of thiophene rings is 1. The number of benzene rings is 1. The number of nitrogens with zero attached hydrogens (tertiary/aromatic N) is 1. The number of nitro groups is 1. The van der Waals surface area contributed by atoms with Gasteiger partial charge in [-0.25, -0.2) is 0 Å². The van der Waals surface area contributed by atoms with Crippen molar-refractivity contribution in [3.8, 4) is 0 Å². The van der Waals surface area contributed by atoms with E-state index in [1.54, 1.807) is 18.2 Å². The third-order valence-corrected chi connectivity index (χ3v) is 3.61. The van der Waals surface area contributed by atoms with Crippen LogP contribution in [0, 0.1) is 10.1 Å². The molecule has 5 nitrogen and oxygen atoms in total. The van der Waals surface area contributed by atoms with Gasteiger partial charge in [0, 0.05) is 16.2 Å². The zero-order chi connectivity index (χ0) is 13.1. The van der Waals surface area contributed by atoms with Crippen LogP contribution in [0.4, 0.5) is 10.7 Å². The average molecular weight is 327 g/mol. The molecule has 2 aromatic rings. The summed E-state index contributed by atoms with van der Waals surface area (Å²) in [5.41, 5.74) is 0.630. The molecule has 1 heterocycles. The fraction of sp³-hybridized carbons (Fsp3) is 0. The predicted molar refractivity (Wildman–Crippen MR) is 73.1 cm³/mol. The number of hydrogen-bond donors (Lipinski definition) is 1. The van der Waals surface area contributed by atoms with E-state index in [2.05, 4.69) is 21.2 Å². The Bertz CT molecular complexity index is 612. The maximum absolute atomic E-state index is 11.8. The topological polar surface area (TPSA) is 72.2 Å². The van der Waals surface area contributed by atoms with E-state index in [0.29, 0.717) is 10.6 Å². The molecule has 0 atom stereocenters. The summed E-state index contributed by atoms with van der Waals surface area (Å²) in [6.45, 7) is 0. The molecule has 1 amide bonds. The van der Waals surface area contributed by atoms with Crippen molar-refractivity contribution < 1.29 is 9.72 Å². The Morgan fingerprint density at radius 1 is 1.33 bits per heavy atom. The number of halogens is 1. The van der Waals surface area contributed by atoms with E-state index in [0.717, 1.165) is 15.8 Å². The first-order valence-electron chi connectivity index (χ1n) is 4.87. The molecule has 0 aliphatic carbocycles. The maximum Gasteiger partial charge on any atom is 0.324 e. The summed E-state index contributed by atoms with van der Waals surface area (Å²) < 4.78 is 0.845. The molecule has 18 heavy (non-hydrogen) atoms. The number of amides is 1. The molecule has 1 aromatic heterocycles. The van der Waals surface area contributed by atoms with Crippen molar-refractivity contribution in [1.82, 2.24) is 0 Å². The molecule has 0 spiro atoms. The molecule has 0 aliphatic rings. The van der Waals surface area contributed by atoms with Crippen LogP contribution in [0.1, 0.15) is 9.67 Å². The number of anilines is 1. The highest BCUT2D eigenvalue weighted by Crippen LogP contribution is 2.25. The molecular weight excluding hydrogens is 320 g/mol. The van der Waals surface area contributed by atoms with E-state index in [1.807, 2.05) is 6.07 Å². The van der Waals surface area contributed by atoms with Gasteiger partial charge < -0.3 is 5.32 Å². The maximum atomic E-state index is 11.8. The largest absolute Gasteiger partial charge is 0.324 e. The Morgan fingerprint density at radius 3 is 2.72 bits per heavy atom. The van der Waals surface area contributed by atoms with Crippen LogP contribution in [0.3, 0.4) is 0 Å². The van der Waals surface area contributed by atoms with E-state index < -0.39 is 4.92 Å². The molecule has 0 saturated heterocycles. The lowest BCUT2D eigenvalue weighted by atomic mass is 10.3. The zero-order valence-electron chi connectivity index (χ0n) is 8.92. The summed E-state index contributed by atoms with van der Waals surface area (Å²) in [7, 11) is 0. The molecule has 0 aliphatic heterocycles. The molecule has 0 bridgehead atoms. The first-order valence-corrected chi connectivity index (χ1v) is 6.48. The van der Waals surface area contributed by atoms with Gasteiger partial charge in [-0.2, -0.15) is 0 Å². The lowest BCUT2D eigenvalue weighted by Crippen LogP contribution is -2.09. The van der Waals surface area contributed by atoms with Crippen LogP contribution >= 0.6 is 27.3 Å². The number of nitrogens with one attached hydrogen (secondary N) is 1. The monoisotopic (exact) mass is 326 g/mol. The lowest BCUT2D eigenvalue weighted by Gasteiger charge is -2.03. The van der Waals surface area contributed by atoms with Crippen molar-refractivity contribution in [2.24, 2.45) is 0 Å². The molecule has 1 aromatic carbocycles. The zero-order valence-corrected chi connectivity index (χ0v) is 11.3. The smallest absolute Gasteiger partial charge is 0.321 e. The van der Waals surface area contributed by atoms with Gasteiger partial charge in [-0.05, 0) is 24.3 Å². The lowest BCUT2D eigenvalue weighted by molar-refractivity contribution is -0.380. The fourth-order valence-corrected chi connectivity index (χ4v) is 2.42. The molecule has 0 radical (unpaired) electrons. The highest BCUT2D eigenvalue weighted by atomic mass is 79.9. The van der Waals surface area contributed by atoms with Crippen LogP contribution in [-0.4, -0.2) is 10.8 Å². The first-order chi connectivity index (χ1) is 8.56. The fourth-order valence-electron chi connectivity index (χ4n) is 1.31. The van der Waals surface area contributed by atoms with E-state index in [4.69, 9.17) is 0 Å². The quantitative estimate of drug-likeness (QED) is 0.690. The molecular formula is C11H7BrN2O3S. The van der Waals surface area contributed by atoms with Gasteiger partial charge in [-0.15, -0.1) is 0 Å². The minimum absolute atomic E-state index is 0.0469. The van der Waals surface area contributed by atoms with E-state index in [-0.39, 0.29) is 10.9 Å². The number of carbonyl (C=O) groups excluding carboxylic acids is 1. The van der Waals surface area contributed by atoms with Crippen LogP contribution in [-0.2, 0) is 0 Å². The van der Waals surface area contributed by atoms with Crippen LogP contribution in [0.5, 0.6) is 0 Å². The Morgan fingerprint density at radius 2 is 2.11 bits per heavy atom. The molecule has 2 rings (SSSR count). The third kappa shape index (κ3) is 2.93. The van der Waals surface area contributed by atoms with E-state index in [9.17, 15) is 14.9 Å². The van der Waals surface area contributed by atoms with Crippen LogP contribution in [0.25, 0.3) is 0 Å². The molecule has 92 valence electrons. The van der Waals surface area contributed by atoms with Crippen molar-refractivity contribution in [1.29, 1.82) is 0 Å². The SMILES string of the molecule is O=C(Nc1cccc(Br)c1)c1ccc([N+](=O)[O-])s1. The number of hydrogen-bond acceptors (Lipinski definition) is 4. The Hall–Kier alpha value is -1.73. The minimum atomic E-state index is -0.513. The molecule has 1 N–H and O–H groups in total. The van der Waals surface area contributed by atoms with Crippen molar-refractivity contribution in [3.05, 3.63) is 55.9 Å². The predicted octanol–water partition coefficient (Wildman–Crippen LogP) is 3.67. The molecule has 0 saturated carbocycles. The highest BCUT2D eigenvalue weighted by Gasteiger charge is 2.15. The normalized spacial score (nSPS) is 10.1. The molecule has 7 heteroatoms. The van der Waals surface area contributed by atoms with Gasteiger partial charge in [0.05, 0.1) is 9.80 Å². The summed E-state index contributed by atoms with van der Waals surface area (Å²) in [6, 6.07) is 9.88. The van der Waals surface area contributed by atoms with Gasteiger partial charge in [0.2, 0.25) is 0 Å². The summed E-state index contributed by atoms with van der Waals surface area (Å²) >= 11 is 4.14. The van der Waals surface area contributed by atoms with Crippen molar-refractivity contribution in [2.75, 3.05) is 5.32 Å². The average Bonchev–Trinajstić information content (AvgIpc) is 2.78. The van der Waals surface area contributed by atoms with Crippen LogP contribution < -0.4 is 5.32 Å². The Labute approximate surface area is 115 Å².